The second kappa shape index (κ2) is 8.41. The van der Waals surface area contributed by atoms with Crippen LogP contribution in [0.25, 0.3) is 54.3 Å². The average Bonchev–Trinajstić information content (AvgIpc) is 3.75. The summed E-state index contributed by atoms with van der Waals surface area (Å²) in [5, 5.41) is 7.47. The van der Waals surface area contributed by atoms with Crippen LogP contribution < -0.4 is 10.9 Å². The summed E-state index contributed by atoms with van der Waals surface area (Å²) < 4.78 is 5.20. The Morgan fingerprint density at radius 2 is 1.41 bits per heavy atom. The molecule has 1 aromatic heterocycles. The largest absolute Gasteiger partial charge is 0.449 e. The maximum atomic E-state index is 12.3. The fraction of sp³-hybridized carbons (Fsp3) is 0.176. The van der Waals surface area contributed by atoms with Crippen molar-refractivity contribution < 1.29 is 4.42 Å². The lowest BCUT2D eigenvalue weighted by Crippen LogP contribution is -2.13. The van der Waals surface area contributed by atoms with Gasteiger partial charge in [-0.15, -0.1) is 0 Å². The van der Waals surface area contributed by atoms with E-state index < -0.39 is 0 Å². The second-order valence-electron chi connectivity index (χ2n) is 10.2. The number of rotatable bonds is 1. The molecule has 0 spiro atoms. The van der Waals surface area contributed by atoms with Crippen LogP contribution in [0.2, 0.25) is 0 Å². The molecular formula is C34H26O3. The molecule has 7 aromatic rings. The maximum Gasteiger partial charge on any atom is 0.198 e. The molecule has 0 radical (unpaired) electrons. The van der Waals surface area contributed by atoms with Crippen molar-refractivity contribution >= 4 is 54.3 Å². The Morgan fingerprint density at radius 1 is 0.703 bits per heavy atom. The molecule has 180 valence electrons. The van der Waals surface area contributed by atoms with Crippen molar-refractivity contribution in [3.05, 3.63) is 117 Å². The zero-order valence-corrected chi connectivity index (χ0v) is 20.7. The molecule has 1 aliphatic rings. The molecule has 0 saturated heterocycles. The van der Waals surface area contributed by atoms with Crippen LogP contribution in [0.1, 0.15) is 30.9 Å². The molecule has 8 rings (SSSR count). The minimum atomic E-state index is -0.121. The van der Waals surface area contributed by atoms with Crippen LogP contribution in [0.3, 0.4) is 0 Å². The van der Waals surface area contributed by atoms with Crippen molar-refractivity contribution in [1.29, 1.82) is 0 Å². The SMILES string of the molecule is CCC1CCc2c(ccc3c2ccc2ccccc23)C1.O=c1c2ccccc2c(=O)c2c1ccc1oc12. The third kappa shape index (κ3) is 3.49. The Bertz CT molecular complexity index is 2050. The molecule has 6 aromatic carbocycles. The number of fused-ring (bicyclic) bond motifs is 9. The lowest BCUT2D eigenvalue weighted by Gasteiger charge is -2.25. The molecule has 3 nitrogen and oxygen atoms in total. The minimum Gasteiger partial charge on any atom is -0.449 e. The van der Waals surface area contributed by atoms with E-state index in [1.165, 1.54) is 47.2 Å². The monoisotopic (exact) mass is 482 g/mol. The fourth-order valence-corrected chi connectivity index (χ4v) is 6.10. The summed E-state index contributed by atoms with van der Waals surface area (Å²) in [6.45, 7) is 2.32. The van der Waals surface area contributed by atoms with E-state index in [4.69, 9.17) is 4.42 Å². The van der Waals surface area contributed by atoms with E-state index in [2.05, 4.69) is 55.5 Å². The average molecular weight is 483 g/mol. The van der Waals surface area contributed by atoms with Gasteiger partial charge in [0.1, 0.15) is 0 Å². The van der Waals surface area contributed by atoms with Gasteiger partial charge in [0, 0.05) is 16.2 Å². The van der Waals surface area contributed by atoms with Gasteiger partial charge in [0.25, 0.3) is 0 Å². The summed E-state index contributed by atoms with van der Waals surface area (Å²) in [6, 6.07) is 28.4. The van der Waals surface area contributed by atoms with E-state index in [0.29, 0.717) is 32.7 Å². The van der Waals surface area contributed by atoms with Gasteiger partial charge in [0.05, 0.1) is 5.39 Å². The van der Waals surface area contributed by atoms with Crippen LogP contribution in [-0.4, -0.2) is 0 Å². The normalized spacial score (nSPS) is 15.4. The van der Waals surface area contributed by atoms with Crippen LogP contribution in [0.5, 0.6) is 0 Å². The van der Waals surface area contributed by atoms with Gasteiger partial charge in [-0.2, -0.15) is 0 Å². The third-order valence-corrected chi connectivity index (χ3v) is 8.20. The van der Waals surface area contributed by atoms with Crippen molar-refractivity contribution in [1.82, 2.24) is 0 Å². The molecule has 0 saturated carbocycles. The van der Waals surface area contributed by atoms with Gasteiger partial charge < -0.3 is 4.42 Å². The summed E-state index contributed by atoms with van der Waals surface area (Å²) >= 11 is 0. The van der Waals surface area contributed by atoms with E-state index in [1.807, 2.05) is 0 Å². The van der Waals surface area contributed by atoms with E-state index in [-0.39, 0.29) is 10.9 Å². The molecule has 0 fully saturated rings. The number of benzene rings is 6. The molecule has 0 amide bonds. The van der Waals surface area contributed by atoms with Crippen LogP contribution in [0.4, 0.5) is 0 Å². The van der Waals surface area contributed by atoms with Crippen LogP contribution in [0, 0.1) is 5.92 Å². The van der Waals surface area contributed by atoms with Gasteiger partial charge in [0.2, 0.25) is 0 Å². The summed E-state index contributed by atoms with van der Waals surface area (Å²) in [6.07, 6.45) is 5.20. The van der Waals surface area contributed by atoms with Crippen molar-refractivity contribution in [2.24, 2.45) is 5.92 Å². The summed E-state index contributed by atoms with van der Waals surface area (Å²) in [7, 11) is 0. The van der Waals surface area contributed by atoms with Crippen LogP contribution in [-0.2, 0) is 12.8 Å². The van der Waals surface area contributed by atoms with Gasteiger partial charge in [-0.05, 0) is 70.0 Å². The summed E-state index contributed by atoms with van der Waals surface area (Å²) in [5.41, 5.74) is 4.24. The van der Waals surface area contributed by atoms with Gasteiger partial charge in [-0.25, -0.2) is 0 Å². The third-order valence-electron chi connectivity index (χ3n) is 8.20. The maximum absolute atomic E-state index is 12.3. The minimum absolute atomic E-state index is 0.103. The van der Waals surface area contributed by atoms with E-state index >= 15 is 0 Å². The highest BCUT2D eigenvalue weighted by Crippen LogP contribution is 2.35. The molecule has 0 aliphatic heterocycles. The van der Waals surface area contributed by atoms with E-state index in [9.17, 15) is 9.59 Å². The highest BCUT2D eigenvalue weighted by molar-refractivity contribution is 6.11. The summed E-state index contributed by atoms with van der Waals surface area (Å²) in [4.78, 5) is 24.5. The number of hydrogen-bond donors (Lipinski definition) is 0. The lowest BCUT2D eigenvalue weighted by molar-refractivity contribution is 0.446. The van der Waals surface area contributed by atoms with Crippen molar-refractivity contribution in [2.75, 3.05) is 0 Å². The molecule has 0 N–H and O–H groups in total. The Hall–Kier alpha value is -4.24. The van der Waals surface area contributed by atoms with Crippen molar-refractivity contribution in [2.45, 2.75) is 32.6 Å². The first-order chi connectivity index (χ1) is 18.1. The summed E-state index contributed by atoms with van der Waals surface area (Å²) in [5.74, 6) is 0.889. The lowest BCUT2D eigenvalue weighted by atomic mass is 9.80. The first-order valence-corrected chi connectivity index (χ1v) is 13.1. The molecule has 1 heterocycles. The predicted octanol–water partition coefficient (Wildman–Crippen LogP) is 7.84. The first kappa shape index (κ1) is 22.0. The first-order valence-electron chi connectivity index (χ1n) is 13.1. The molecule has 37 heavy (non-hydrogen) atoms. The van der Waals surface area contributed by atoms with Gasteiger partial charge in [0.15, 0.2) is 22.0 Å². The predicted molar refractivity (Wildman–Crippen MR) is 153 cm³/mol. The molecular weight excluding hydrogens is 456 g/mol. The fourth-order valence-electron chi connectivity index (χ4n) is 6.10. The Balaban J connectivity index is 0.000000126. The topological polar surface area (TPSA) is 47.3 Å². The molecule has 3 heteroatoms. The molecule has 1 atom stereocenters. The quantitative estimate of drug-likeness (QED) is 0.177. The second-order valence-corrected chi connectivity index (χ2v) is 10.2. The highest BCUT2D eigenvalue weighted by Gasteiger charge is 2.20. The highest BCUT2D eigenvalue weighted by atomic mass is 16.4. The van der Waals surface area contributed by atoms with E-state index in [1.54, 1.807) is 47.5 Å². The molecule has 1 unspecified atom stereocenters. The Morgan fingerprint density at radius 3 is 2.22 bits per heavy atom. The molecule has 0 bridgehead atoms. The van der Waals surface area contributed by atoms with Crippen LogP contribution >= 0.6 is 0 Å². The zero-order chi connectivity index (χ0) is 25.1. The molecule has 1 aliphatic carbocycles. The van der Waals surface area contributed by atoms with Crippen molar-refractivity contribution in [3.63, 3.8) is 0 Å². The van der Waals surface area contributed by atoms with Crippen LogP contribution in [0.15, 0.2) is 98.9 Å². The zero-order valence-electron chi connectivity index (χ0n) is 20.7. The smallest absolute Gasteiger partial charge is 0.198 e. The Labute approximate surface area is 213 Å². The number of hydrogen-bond acceptors (Lipinski definition) is 3. The van der Waals surface area contributed by atoms with Gasteiger partial charge >= 0.3 is 0 Å². The number of aryl methyl sites for hydroxylation is 1. The van der Waals surface area contributed by atoms with E-state index in [0.717, 1.165) is 5.92 Å². The standard InChI is InChI=1S/C20H20.C14H6O3/c1-2-14-7-10-18-16(13-14)9-12-19-17-6-4-3-5-15(17)8-11-20(18)19;15-12-7-3-1-2-4-8(7)13(16)11-9(12)5-6-10-14(11)17-10/h3-6,8-9,11-12,14H,2,7,10,13H2,1H3;1-6H. The van der Waals surface area contributed by atoms with Gasteiger partial charge in [-0.1, -0.05) is 86.1 Å². The van der Waals surface area contributed by atoms with Crippen molar-refractivity contribution in [3.8, 4) is 0 Å². The van der Waals surface area contributed by atoms with Gasteiger partial charge in [-0.3, -0.25) is 9.59 Å². The Kier molecular flexibility index (Phi) is 5.00.